The summed E-state index contributed by atoms with van der Waals surface area (Å²) in [6, 6.07) is 0. The third-order valence-corrected chi connectivity index (χ3v) is 7.18. The van der Waals surface area contributed by atoms with Crippen LogP contribution in [0.5, 0.6) is 0 Å². The Morgan fingerprint density at radius 2 is 1.96 bits per heavy atom. The van der Waals surface area contributed by atoms with Crippen LogP contribution in [-0.4, -0.2) is 71.5 Å². The fourth-order valence-corrected chi connectivity index (χ4v) is 5.60. The van der Waals surface area contributed by atoms with Gasteiger partial charge in [0.25, 0.3) is 0 Å². The van der Waals surface area contributed by atoms with Gasteiger partial charge in [-0.15, -0.1) is 0 Å². The molecular formula is C19H26O8. The van der Waals surface area contributed by atoms with Gasteiger partial charge in [-0.1, -0.05) is 13.0 Å². The monoisotopic (exact) mass is 382 g/mol. The van der Waals surface area contributed by atoms with E-state index >= 15 is 0 Å². The highest BCUT2D eigenvalue weighted by Crippen LogP contribution is 2.72. The molecule has 4 aliphatic rings. The fraction of sp³-hybridized carbons (Fsp3) is 0.789. The van der Waals surface area contributed by atoms with Crippen LogP contribution in [0.25, 0.3) is 0 Å². The normalized spacial score (nSPS) is 50.0. The third-order valence-electron chi connectivity index (χ3n) is 7.18. The van der Waals surface area contributed by atoms with Crippen molar-refractivity contribution in [2.75, 3.05) is 13.2 Å². The van der Waals surface area contributed by atoms with E-state index in [-0.39, 0.29) is 13.0 Å². The molecule has 2 heterocycles. The van der Waals surface area contributed by atoms with Crippen molar-refractivity contribution in [2.45, 2.75) is 70.2 Å². The first-order chi connectivity index (χ1) is 12.6. The number of fused-ring (bicyclic) bond motifs is 2. The standard InChI is InChI=1S/C19H26O8/c1-9-5-13-18(6-12(9)22,7-24-10(2)20)17(4)15(26-11(3)21)14(23)16(27-13)19(17)8-25-19/h5,12-16,22-23H,6-8H2,1-4H3. The van der Waals surface area contributed by atoms with E-state index in [0.29, 0.717) is 6.61 Å². The molecular weight excluding hydrogens is 356 g/mol. The zero-order valence-electron chi connectivity index (χ0n) is 15.9. The van der Waals surface area contributed by atoms with Crippen molar-refractivity contribution in [3.05, 3.63) is 11.6 Å². The Morgan fingerprint density at radius 1 is 1.30 bits per heavy atom. The molecule has 4 rings (SSSR count). The van der Waals surface area contributed by atoms with E-state index in [0.717, 1.165) is 5.57 Å². The molecule has 1 saturated carbocycles. The Hall–Kier alpha value is -1.48. The average Bonchev–Trinajstić information content (AvgIpc) is 3.36. The molecule has 0 aromatic carbocycles. The first-order valence-corrected chi connectivity index (χ1v) is 9.23. The molecule has 0 aromatic heterocycles. The van der Waals surface area contributed by atoms with Crippen LogP contribution in [0, 0.1) is 10.8 Å². The second-order valence-electron chi connectivity index (χ2n) is 8.45. The van der Waals surface area contributed by atoms with Gasteiger partial charge in [-0.3, -0.25) is 9.59 Å². The van der Waals surface area contributed by atoms with Crippen molar-refractivity contribution in [3.8, 4) is 0 Å². The predicted molar refractivity (Wildman–Crippen MR) is 90.5 cm³/mol. The molecule has 27 heavy (non-hydrogen) atoms. The maximum Gasteiger partial charge on any atom is 0.303 e. The van der Waals surface area contributed by atoms with E-state index in [2.05, 4.69) is 0 Å². The molecule has 2 N–H and O–H groups in total. The molecule has 8 nitrogen and oxygen atoms in total. The zero-order chi connectivity index (χ0) is 19.8. The van der Waals surface area contributed by atoms with Crippen LogP contribution in [0.15, 0.2) is 11.6 Å². The number of carbonyl (C=O) groups excluding carboxylic acids is 2. The maximum absolute atomic E-state index is 11.8. The minimum absolute atomic E-state index is 0.0351. The van der Waals surface area contributed by atoms with Gasteiger partial charge in [-0.05, 0) is 18.9 Å². The first kappa shape index (κ1) is 18.9. The van der Waals surface area contributed by atoms with Crippen molar-refractivity contribution >= 4 is 11.9 Å². The number of epoxide rings is 1. The molecule has 150 valence electrons. The molecule has 0 amide bonds. The Morgan fingerprint density at radius 3 is 2.52 bits per heavy atom. The lowest BCUT2D eigenvalue weighted by molar-refractivity contribution is -0.239. The van der Waals surface area contributed by atoms with Gasteiger partial charge in [0.1, 0.15) is 30.5 Å². The summed E-state index contributed by atoms with van der Waals surface area (Å²) in [5, 5.41) is 21.6. The molecule has 0 aromatic rings. The Kier molecular flexibility index (Phi) is 4.03. The highest BCUT2D eigenvalue weighted by molar-refractivity contribution is 5.67. The number of aliphatic hydroxyl groups excluding tert-OH is 2. The Labute approximate surface area is 157 Å². The maximum atomic E-state index is 11.8. The summed E-state index contributed by atoms with van der Waals surface area (Å²) in [7, 11) is 0. The van der Waals surface area contributed by atoms with Crippen molar-refractivity contribution in [2.24, 2.45) is 10.8 Å². The number of esters is 2. The molecule has 2 aliphatic heterocycles. The van der Waals surface area contributed by atoms with Gasteiger partial charge in [0, 0.05) is 19.3 Å². The van der Waals surface area contributed by atoms with Gasteiger partial charge in [0.15, 0.2) is 0 Å². The lowest BCUT2D eigenvalue weighted by Crippen LogP contribution is -2.67. The van der Waals surface area contributed by atoms with Gasteiger partial charge in [0.2, 0.25) is 0 Å². The van der Waals surface area contributed by atoms with Crippen LogP contribution in [-0.2, 0) is 28.5 Å². The van der Waals surface area contributed by atoms with Gasteiger partial charge >= 0.3 is 11.9 Å². The smallest absolute Gasteiger partial charge is 0.303 e. The van der Waals surface area contributed by atoms with Crippen LogP contribution in [0.3, 0.4) is 0 Å². The fourth-order valence-electron chi connectivity index (χ4n) is 5.60. The van der Waals surface area contributed by atoms with E-state index in [1.54, 1.807) is 0 Å². The number of rotatable bonds is 3. The molecule has 3 fully saturated rings. The number of carbonyl (C=O) groups is 2. The summed E-state index contributed by atoms with van der Waals surface area (Å²) in [5.74, 6) is -0.978. The van der Waals surface area contributed by atoms with Gasteiger partial charge in [0.05, 0.1) is 24.2 Å². The minimum Gasteiger partial charge on any atom is -0.465 e. The summed E-state index contributed by atoms with van der Waals surface area (Å²) in [4.78, 5) is 23.4. The molecule has 8 heteroatoms. The molecule has 2 bridgehead atoms. The van der Waals surface area contributed by atoms with Crippen LogP contribution >= 0.6 is 0 Å². The number of ether oxygens (including phenoxy) is 4. The van der Waals surface area contributed by atoms with Gasteiger partial charge in [-0.25, -0.2) is 0 Å². The second kappa shape index (κ2) is 5.76. The Balaban J connectivity index is 1.88. The second-order valence-corrected chi connectivity index (χ2v) is 8.45. The SMILES string of the molecule is CC(=O)OCC12CC(O)C(C)=CC1OC1C(O)C(OC(C)=O)C2(C)C12CO2. The van der Waals surface area contributed by atoms with Crippen molar-refractivity contribution in [1.29, 1.82) is 0 Å². The molecule has 8 unspecified atom stereocenters. The van der Waals surface area contributed by atoms with E-state index in [4.69, 9.17) is 18.9 Å². The van der Waals surface area contributed by atoms with Crippen molar-refractivity contribution in [1.82, 2.24) is 0 Å². The highest BCUT2D eigenvalue weighted by atomic mass is 16.7. The predicted octanol–water partition coefficient (Wildman–Crippen LogP) is 0.0957. The number of hydrogen-bond acceptors (Lipinski definition) is 8. The summed E-state index contributed by atoms with van der Waals surface area (Å²) in [6.07, 6.45) is -1.86. The van der Waals surface area contributed by atoms with Crippen LogP contribution in [0.2, 0.25) is 0 Å². The van der Waals surface area contributed by atoms with Gasteiger partial charge in [-0.2, -0.15) is 0 Å². The number of hydrogen-bond donors (Lipinski definition) is 2. The van der Waals surface area contributed by atoms with E-state index < -0.39 is 58.9 Å². The molecule has 0 radical (unpaired) electrons. The molecule has 1 spiro atoms. The third kappa shape index (κ3) is 2.24. The van der Waals surface area contributed by atoms with Crippen LogP contribution in [0.4, 0.5) is 0 Å². The molecule has 2 aliphatic carbocycles. The topological polar surface area (TPSA) is 115 Å². The summed E-state index contributed by atoms with van der Waals surface area (Å²) in [5.41, 5.74) is -1.91. The lowest BCUT2D eigenvalue weighted by Gasteiger charge is -2.58. The van der Waals surface area contributed by atoms with E-state index in [1.165, 1.54) is 13.8 Å². The minimum atomic E-state index is -1.08. The summed E-state index contributed by atoms with van der Waals surface area (Å²) >= 11 is 0. The summed E-state index contributed by atoms with van der Waals surface area (Å²) < 4.78 is 23.1. The van der Waals surface area contributed by atoms with E-state index in [1.807, 2.05) is 19.9 Å². The zero-order valence-corrected chi connectivity index (χ0v) is 15.9. The molecule has 8 atom stereocenters. The molecule has 2 saturated heterocycles. The lowest BCUT2D eigenvalue weighted by atomic mass is 9.51. The Bertz CT molecular complexity index is 712. The quantitative estimate of drug-likeness (QED) is 0.401. The van der Waals surface area contributed by atoms with E-state index in [9.17, 15) is 19.8 Å². The van der Waals surface area contributed by atoms with Crippen LogP contribution < -0.4 is 0 Å². The van der Waals surface area contributed by atoms with Crippen molar-refractivity contribution < 1.29 is 38.7 Å². The largest absolute Gasteiger partial charge is 0.465 e. The summed E-state index contributed by atoms with van der Waals surface area (Å²) in [6.45, 7) is 6.61. The van der Waals surface area contributed by atoms with Gasteiger partial charge < -0.3 is 29.2 Å². The number of aliphatic hydroxyl groups is 2. The highest BCUT2D eigenvalue weighted by Gasteiger charge is 2.86. The van der Waals surface area contributed by atoms with Crippen molar-refractivity contribution in [3.63, 3.8) is 0 Å². The average molecular weight is 382 g/mol. The first-order valence-electron chi connectivity index (χ1n) is 9.23. The van der Waals surface area contributed by atoms with Crippen LogP contribution in [0.1, 0.15) is 34.1 Å².